The molecule has 0 unspecified atom stereocenters. The van der Waals surface area contributed by atoms with Crippen LogP contribution < -0.4 is 11.3 Å². The van der Waals surface area contributed by atoms with Crippen LogP contribution in [0.3, 0.4) is 0 Å². The summed E-state index contributed by atoms with van der Waals surface area (Å²) < 4.78 is 74.7. The summed E-state index contributed by atoms with van der Waals surface area (Å²) in [6.07, 6.45) is -2.86. The van der Waals surface area contributed by atoms with Gasteiger partial charge in [0.25, 0.3) is 0 Å². The largest absolute Gasteiger partial charge is 0.475 e. The van der Waals surface area contributed by atoms with E-state index in [9.17, 15) is 47.0 Å². The third kappa shape index (κ3) is 17.4. The molecule has 0 spiro atoms. The van der Waals surface area contributed by atoms with Crippen LogP contribution in [0.4, 0.5) is 17.6 Å². The number of carboxylic acid groups (broad SMARTS) is 1. The molecule has 0 radical (unpaired) electrons. The molecule has 6 N–H and O–H groups in total. The molecule has 8 aromatic rings. The first-order valence-corrected chi connectivity index (χ1v) is 24.6. The zero-order valence-electron chi connectivity index (χ0n) is 42.0. The van der Waals surface area contributed by atoms with Crippen LogP contribution in [0.2, 0.25) is 10.0 Å². The number of rotatable bonds is 19. The quantitative estimate of drug-likeness (QED) is 0.0219. The third-order valence-electron chi connectivity index (χ3n) is 11.1. The Morgan fingerprint density at radius 3 is 1.44 bits per heavy atom. The van der Waals surface area contributed by atoms with Gasteiger partial charge in [0.1, 0.15) is 34.7 Å². The molecule has 2 atom stereocenters. The first-order valence-electron chi connectivity index (χ1n) is 23.8. The number of ether oxygens (including phenoxy) is 2. The van der Waals surface area contributed by atoms with Crippen molar-refractivity contribution in [1.82, 2.24) is 25.8 Å². The molecule has 1 amide bonds. The summed E-state index contributed by atoms with van der Waals surface area (Å²) in [5, 5.41) is 39.3. The Morgan fingerprint density at radius 1 is 0.582 bits per heavy atom. The molecular weight excluding hydrogens is 1080 g/mol. The van der Waals surface area contributed by atoms with Gasteiger partial charge in [-0.15, -0.1) is 0 Å². The minimum absolute atomic E-state index is 0.0504. The van der Waals surface area contributed by atoms with Gasteiger partial charge < -0.3 is 33.8 Å². The van der Waals surface area contributed by atoms with Gasteiger partial charge in [-0.3, -0.25) is 16.1 Å². The number of carbonyl (C=O) groups excluding carboxylic acids is 3. The summed E-state index contributed by atoms with van der Waals surface area (Å²) in [5.41, 5.74) is 6.79. The van der Waals surface area contributed by atoms with Crippen LogP contribution in [-0.2, 0) is 32.2 Å². The molecule has 0 saturated carbocycles. The number of amides is 1. The average molecular weight is 1130 g/mol. The number of aliphatic hydroxyl groups is 2. The highest BCUT2D eigenvalue weighted by Gasteiger charge is 2.25. The second-order valence-electron chi connectivity index (χ2n) is 16.8. The Morgan fingerprint density at radius 2 is 1.00 bits per heavy atom. The molecule has 0 fully saturated rings. The topological polar surface area (TPSA) is 244 Å². The lowest BCUT2D eigenvalue weighted by atomic mass is 10.0. The number of nitrogens with two attached hydrogens (primary N) is 1. The number of aliphatic hydroxyl groups excluding tert-OH is 2. The van der Waals surface area contributed by atoms with Crippen molar-refractivity contribution in [2.45, 2.75) is 39.1 Å². The Bertz CT molecular complexity index is 3350. The van der Waals surface area contributed by atoms with Crippen molar-refractivity contribution >= 4 is 47.0 Å². The van der Waals surface area contributed by atoms with Gasteiger partial charge in [0.05, 0.1) is 26.3 Å². The standard InChI is InChI=1S/C28H24ClF2N3O5.C18H20ClFN2O3.C10H6FNO3/c1-2-38-28(37)25(35)16-34(15-17-7-9-18(10-8-17)21-13-19(29)11-12-23(21)31)32-27(36)26-14-24(33-39-26)20-5-3-4-6-22(20)30;1-2-25-18(24)17(23)11-22(21)10-12-3-5-13(6-4-12)15-9-14(19)7-8-16(15)20;11-7-4-2-1-3-6(7)8-5-9(10(13)14)15-12-8/h3-14,25,35H,2,15-16H2,1H3,(H,32,36);3-9,17,23H,2,10-11,21H2,1H3;1-5H,(H,13,14)/t25-;17-;/m11./s1. The zero-order chi connectivity index (χ0) is 57.2. The van der Waals surface area contributed by atoms with Gasteiger partial charge in [0.15, 0.2) is 12.2 Å². The van der Waals surface area contributed by atoms with Crippen molar-refractivity contribution in [3.05, 3.63) is 202 Å². The van der Waals surface area contributed by atoms with Gasteiger partial charge in [0, 0.05) is 57.5 Å². The smallest absolute Gasteiger partial charge is 0.374 e. The number of esters is 2. The number of carboxylic acids is 1. The van der Waals surface area contributed by atoms with Crippen molar-refractivity contribution in [1.29, 1.82) is 0 Å². The molecule has 412 valence electrons. The van der Waals surface area contributed by atoms with E-state index in [1.165, 1.54) is 88.9 Å². The monoisotopic (exact) mass is 1130 g/mol. The van der Waals surface area contributed by atoms with Crippen LogP contribution in [0.5, 0.6) is 0 Å². The van der Waals surface area contributed by atoms with Gasteiger partial charge in [-0.2, -0.15) is 0 Å². The van der Waals surface area contributed by atoms with Gasteiger partial charge in [-0.1, -0.05) is 106 Å². The predicted molar refractivity (Wildman–Crippen MR) is 282 cm³/mol. The van der Waals surface area contributed by atoms with Crippen LogP contribution in [-0.4, -0.2) is 98.0 Å². The summed E-state index contributed by atoms with van der Waals surface area (Å²) in [7, 11) is 0. The van der Waals surface area contributed by atoms with Crippen LogP contribution in [0, 0.1) is 23.3 Å². The fourth-order valence-electron chi connectivity index (χ4n) is 7.29. The maximum absolute atomic E-state index is 14.3. The average Bonchev–Trinajstić information content (AvgIpc) is 4.16. The number of hydrazine groups is 2. The van der Waals surface area contributed by atoms with Crippen molar-refractivity contribution < 1.29 is 70.6 Å². The van der Waals surface area contributed by atoms with Gasteiger partial charge >= 0.3 is 23.8 Å². The van der Waals surface area contributed by atoms with E-state index in [1.807, 2.05) is 0 Å². The summed E-state index contributed by atoms with van der Waals surface area (Å²) >= 11 is 11.9. The van der Waals surface area contributed by atoms with E-state index >= 15 is 0 Å². The maximum atomic E-state index is 14.3. The number of hydrogen-bond donors (Lipinski definition) is 5. The lowest BCUT2D eigenvalue weighted by molar-refractivity contribution is -0.155. The number of benzene rings is 6. The summed E-state index contributed by atoms with van der Waals surface area (Å²) in [4.78, 5) is 46.8. The van der Waals surface area contributed by atoms with Crippen LogP contribution in [0.25, 0.3) is 44.8 Å². The minimum Gasteiger partial charge on any atom is -0.475 e. The lowest BCUT2D eigenvalue weighted by Crippen LogP contribution is -2.47. The fraction of sp³-hybridized carbons (Fsp3) is 0.179. The highest BCUT2D eigenvalue weighted by Crippen LogP contribution is 2.29. The van der Waals surface area contributed by atoms with E-state index in [2.05, 4.69) is 20.3 Å². The molecule has 8 rings (SSSR count). The molecule has 23 heteroatoms. The van der Waals surface area contributed by atoms with Crippen molar-refractivity contribution in [3.8, 4) is 44.8 Å². The van der Waals surface area contributed by atoms with Gasteiger partial charge in [-0.05, 0) is 96.8 Å². The zero-order valence-corrected chi connectivity index (χ0v) is 43.5. The van der Waals surface area contributed by atoms with Crippen LogP contribution >= 0.6 is 23.2 Å². The first-order chi connectivity index (χ1) is 37.8. The van der Waals surface area contributed by atoms with Crippen molar-refractivity contribution in [2.75, 3.05) is 26.3 Å². The molecule has 0 saturated heterocycles. The van der Waals surface area contributed by atoms with E-state index in [-0.39, 0.29) is 72.7 Å². The molecule has 79 heavy (non-hydrogen) atoms. The Kier molecular flexibility index (Phi) is 21.9. The third-order valence-corrected chi connectivity index (χ3v) is 11.5. The SMILES string of the molecule is CCOC(=O)[C@H](O)CN(Cc1ccc(-c2cc(Cl)ccc2F)cc1)NC(=O)c1cc(-c2ccccc2F)no1.CCOC(=O)[C@H](O)CN(N)Cc1ccc(-c2cc(Cl)ccc2F)cc1.O=C(O)c1cc(-c2ccccc2F)no1. The second-order valence-corrected chi connectivity index (χ2v) is 17.7. The number of halogens is 6. The summed E-state index contributed by atoms with van der Waals surface area (Å²) in [6.45, 7) is 3.53. The number of hydrogen-bond acceptors (Lipinski definition) is 15. The Balaban J connectivity index is 0.000000214. The van der Waals surface area contributed by atoms with E-state index in [1.54, 1.807) is 80.6 Å². The van der Waals surface area contributed by atoms with Crippen LogP contribution in [0.1, 0.15) is 46.1 Å². The summed E-state index contributed by atoms with van der Waals surface area (Å²) in [5.74, 6) is -0.0125. The highest BCUT2D eigenvalue weighted by molar-refractivity contribution is 6.31. The van der Waals surface area contributed by atoms with Crippen LogP contribution in [0.15, 0.2) is 155 Å². The Hall–Kier alpha value is -8.28. The minimum atomic E-state index is -1.56. The molecule has 6 aromatic carbocycles. The second kappa shape index (κ2) is 28.9. The lowest BCUT2D eigenvalue weighted by Gasteiger charge is -2.24. The first kappa shape index (κ1) is 60.0. The van der Waals surface area contributed by atoms with E-state index in [4.69, 9.17) is 48.1 Å². The number of nitrogens with zero attached hydrogens (tertiary/aromatic N) is 4. The molecule has 0 aliphatic rings. The van der Waals surface area contributed by atoms with E-state index in [0.29, 0.717) is 44.4 Å². The molecule has 0 aliphatic heterocycles. The molecule has 2 heterocycles. The number of aromatic carboxylic acids is 1. The molecule has 2 aromatic heterocycles. The normalized spacial score (nSPS) is 11.7. The highest BCUT2D eigenvalue weighted by atomic mass is 35.5. The number of aromatic nitrogens is 2. The van der Waals surface area contributed by atoms with Crippen molar-refractivity contribution in [2.24, 2.45) is 5.84 Å². The van der Waals surface area contributed by atoms with E-state index < -0.39 is 53.5 Å². The van der Waals surface area contributed by atoms with Gasteiger partial charge in [0.2, 0.25) is 11.5 Å². The molecule has 0 aliphatic carbocycles. The maximum Gasteiger partial charge on any atom is 0.374 e. The molecule has 17 nitrogen and oxygen atoms in total. The number of nitrogens with one attached hydrogen (secondary N) is 1. The summed E-state index contributed by atoms with van der Waals surface area (Å²) in [6, 6.07) is 36.8. The van der Waals surface area contributed by atoms with Gasteiger partial charge in [-0.25, -0.2) is 42.0 Å². The Labute approximate surface area is 459 Å². The molecular formula is C56H50Cl2F4N6O11. The molecule has 0 bridgehead atoms. The fourth-order valence-corrected chi connectivity index (χ4v) is 7.64. The van der Waals surface area contributed by atoms with E-state index in [0.717, 1.165) is 5.56 Å². The predicted octanol–water partition coefficient (Wildman–Crippen LogP) is 9.94. The van der Waals surface area contributed by atoms with Crippen molar-refractivity contribution in [3.63, 3.8) is 0 Å². The number of carbonyl (C=O) groups is 4.